The molecule has 3 rings (SSSR count). The Bertz CT molecular complexity index is 623. The predicted octanol–water partition coefficient (Wildman–Crippen LogP) is 2.62. The average molecular weight is 268 g/mol. The lowest BCUT2D eigenvalue weighted by Crippen LogP contribution is -2.33. The van der Waals surface area contributed by atoms with Gasteiger partial charge in [0.25, 0.3) is 0 Å². The summed E-state index contributed by atoms with van der Waals surface area (Å²) in [6.45, 7) is 0.640. The molecule has 0 aromatic heterocycles. The van der Waals surface area contributed by atoms with Crippen LogP contribution in [-0.2, 0) is 11.2 Å². The normalized spacial score (nSPS) is 16.9. The Morgan fingerprint density at radius 2 is 1.90 bits per heavy atom. The van der Waals surface area contributed by atoms with Gasteiger partial charge in [-0.2, -0.15) is 0 Å². The molecule has 4 heteroatoms. The van der Waals surface area contributed by atoms with Gasteiger partial charge in [-0.1, -0.05) is 18.2 Å². The van der Waals surface area contributed by atoms with Crippen LogP contribution in [0.4, 0.5) is 11.4 Å². The van der Waals surface area contributed by atoms with Crippen LogP contribution in [0, 0.1) is 5.92 Å². The number of carbonyl (C=O) groups is 1. The number of carbonyl (C=O) groups excluding carboxylic acids is 1. The zero-order valence-corrected chi connectivity index (χ0v) is 11.0. The van der Waals surface area contributed by atoms with E-state index in [1.165, 1.54) is 5.56 Å². The molecule has 0 saturated carbocycles. The minimum atomic E-state index is -0.0845. The number of nitrogens with one attached hydrogen (secondary N) is 2. The molecule has 0 saturated heterocycles. The second-order valence-corrected chi connectivity index (χ2v) is 4.98. The fourth-order valence-corrected chi connectivity index (χ4v) is 2.42. The Kier molecular flexibility index (Phi) is 3.29. The smallest absolute Gasteiger partial charge is 0.229 e. The molecular weight excluding hydrogens is 252 g/mol. The Labute approximate surface area is 117 Å². The Balaban J connectivity index is 1.68. The topological polar surface area (TPSA) is 61.4 Å². The van der Waals surface area contributed by atoms with Gasteiger partial charge in [0, 0.05) is 17.9 Å². The van der Waals surface area contributed by atoms with Crippen molar-refractivity contribution in [3.63, 3.8) is 0 Å². The second-order valence-electron chi connectivity index (χ2n) is 4.98. The minimum Gasteiger partial charge on any atom is -0.508 e. The van der Waals surface area contributed by atoms with Gasteiger partial charge in [-0.25, -0.2) is 0 Å². The van der Waals surface area contributed by atoms with Crippen molar-refractivity contribution in [1.29, 1.82) is 0 Å². The molecule has 4 nitrogen and oxygen atoms in total. The first-order chi connectivity index (χ1) is 9.72. The summed E-state index contributed by atoms with van der Waals surface area (Å²) in [5.41, 5.74) is 2.98. The first-order valence-electron chi connectivity index (χ1n) is 6.64. The third kappa shape index (κ3) is 2.59. The van der Waals surface area contributed by atoms with E-state index in [1.54, 1.807) is 24.3 Å². The van der Waals surface area contributed by atoms with Crippen LogP contribution < -0.4 is 10.6 Å². The molecule has 1 unspecified atom stereocenters. The largest absolute Gasteiger partial charge is 0.508 e. The zero-order valence-electron chi connectivity index (χ0n) is 11.0. The van der Waals surface area contributed by atoms with Crippen LogP contribution in [0.1, 0.15) is 5.56 Å². The Hall–Kier alpha value is -2.49. The van der Waals surface area contributed by atoms with Gasteiger partial charge in [0.05, 0.1) is 5.92 Å². The van der Waals surface area contributed by atoms with Crippen molar-refractivity contribution in [2.24, 2.45) is 5.92 Å². The number of fused-ring (bicyclic) bond motifs is 1. The number of aromatic hydroxyl groups is 1. The van der Waals surface area contributed by atoms with E-state index < -0.39 is 0 Å². The highest BCUT2D eigenvalue weighted by molar-refractivity contribution is 5.93. The lowest BCUT2D eigenvalue weighted by molar-refractivity contribution is -0.119. The van der Waals surface area contributed by atoms with Gasteiger partial charge in [-0.05, 0) is 42.3 Å². The van der Waals surface area contributed by atoms with Crippen LogP contribution in [-0.4, -0.2) is 17.6 Å². The van der Waals surface area contributed by atoms with Crippen molar-refractivity contribution < 1.29 is 9.90 Å². The molecular formula is C16H16N2O2. The number of benzene rings is 2. The molecule has 1 heterocycles. The quantitative estimate of drug-likeness (QED) is 0.734. The minimum absolute atomic E-state index is 0.00214. The maximum Gasteiger partial charge on any atom is 0.229 e. The molecule has 1 atom stereocenters. The van der Waals surface area contributed by atoms with Crippen molar-refractivity contribution >= 4 is 17.3 Å². The summed E-state index contributed by atoms with van der Waals surface area (Å²) in [6, 6.07) is 14.6. The molecule has 0 radical (unpaired) electrons. The van der Waals surface area contributed by atoms with E-state index in [9.17, 15) is 9.90 Å². The third-order valence-electron chi connectivity index (χ3n) is 3.53. The Morgan fingerprint density at radius 3 is 2.70 bits per heavy atom. The van der Waals surface area contributed by atoms with Crippen molar-refractivity contribution in [3.05, 3.63) is 54.1 Å². The number of phenolic OH excluding ortho intramolecular Hbond substituents is 1. The first kappa shape index (κ1) is 12.5. The van der Waals surface area contributed by atoms with Crippen LogP contribution in [0.5, 0.6) is 5.75 Å². The fraction of sp³-hybridized carbons (Fsp3) is 0.188. The number of hydrogen-bond donors (Lipinski definition) is 3. The van der Waals surface area contributed by atoms with Crippen molar-refractivity contribution in [1.82, 2.24) is 0 Å². The van der Waals surface area contributed by atoms with E-state index in [0.29, 0.717) is 12.2 Å². The lowest BCUT2D eigenvalue weighted by Gasteiger charge is -2.25. The van der Waals surface area contributed by atoms with Crippen LogP contribution in [0.25, 0.3) is 0 Å². The number of phenols is 1. The second kappa shape index (κ2) is 5.25. The zero-order chi connectivity index (χ0) is 13.9. The van der Waals surface area contributed by atoms with Crippen molar-refractivity contribution in [2.75, 3.05) is 17.2 Å². The Morgan fingerprint density at radius 1 is 1.15 bits per heavy atom. The lowest BCUT2D eigenvalue weighted by atomic mass is 9.93. The van der Waals surface area contributed by atoms with Gasteiger partial charge < -0.3 is 15.7 Å². The molecule has 2 aromatic rings. The molecule has 0 fully saturated rings. The maximum atomic E-state index is 12.2. The predicted molar refractivity (Wildman–Crippen MR) is 78.9 cm³/mol. The van der Waals surface area contributed by atoms with E-state index in [-0.39, 0.29) is 17.6 Å². The van der Waals surface area contributed by atoms with Gasteiger partial charge in [-0.3, -0.25) is 4.79 Å². The van der Waals surface area contributed by atoms with Crippen molar-refractivity contribution in [2.45, 2.75) is 6.42 Å². The van der Waals surface area contributed by atoms with Crippen LogP contribution >= 0.6 is 0 Å². The molecule has 1 amide bonds. The molecule has 0 spiro atoms. The average Bonchev–Trinajstić information content (AvgIpc) is 2.49. The van der Waals surface area contributed by atoms with E-state index in [0.717, 1.165) is 12.1 Å². The van der Waals surface area contributed by atoms with Crippen LogP contribution in [0.2, 0.25) is 0 Å². The number of rotatable bonds is 2. The summed E-state index contributed by atoms with van der Waals surface area (Å²) in [5, 5.41) is 15.4. The van der Waals surface area contributed by atoms with Gasteiger partial charge in [0.2, 0.25) is 5.91 Å². The molecule has 20 heavy (non-hydrogen) atoms. The van der Waals surface area contributed by atoms with Crippen LogP contribution in [0.15, 0.2) is 48.5 Å². The molecule has 0 bridgehead atoms. The summed E-state index contributed by atoms with van der Waals surface area (Å²) in [6.07, 6.45) is 0.743. The van der Waals surface area contributed by atoms with Crippen molar-refractivity contribution in [3.8, 4) is 5.75 Å². The van der Waals surface area contributed by atoms with E-state index in [1.807, 2.05) is 24.3 Å². The van der Waals surface area contributed by atoms with Crippen LogP contribution in [0.3, 0.4) is 0 Å². The highest BCUT2D eigenvalue weighted by Crippen LogP contribution is 2.25. The number of amides is 1. The van der Waals surface area contributed by atoms with Gasteiger partial charge in [0.1, 0.15) is 5.75 Å². The van der Waals surface area contributed by atoms with E-state index in [2.05, 4.69) is 10.6 Å². The maximum absolute atomic E-state index is 12.2. The van der Waals surface area contributed by atoms with Gasteiger partial charge in [-0.15, -0.1) is 0 Å². The third-order valence-corrected chi connectivity index (χ3v) is 3.53. The molecule has 3 N–H and O–H groups in total. The van der Waals surface area contributed by atoms with Gasteiger partial charge in [0.15, 0.2) is 0 Å². The molecule has 0 aliphatic carbocycles. The summed E-state index contributed by atoms with van der Waals surface area (Å²) in [7, 11) is 0. The van der Waals surface area contributed by atoms with Gasteiger partial charge >= 0.3 is 0 Å². The summed E-state index contributed by atoms with van der Waals surface area (Å²) in [5.74, 6) is 0.104. The standard InChI is InChI=1S/C16H16N2O2/c19-14-7-5-13(6-8-14)18-16(20)12-9-11-3-1-2-4-15(11)17-10-12/h1-8,12,17,19H,9-10H2,(H,18,20). The van der Waals surface area contributed by atoms with E-state index >= 15 is 0 Å². The number of anilines is 2. The number of hydrogen-bond acceptors (Lipinski definition) is 3. The monoisotopic (exact) mass is 268 g/mol. The fourth-order valence-electron chi connectivity index (χ4n) is 2.42. The number of para-hydroxylation sites is 1. The highest BCUT2D eigenvalue weighted by atomic mass is 16.3. The molecule has 2 aromatic carbocycles. The SMILES string of the molecule is O=C(Nc1ccc(O)cc1)C1CNc2ccccc2C1. The molecule has 102 valence electrons. The summed E-state index contributed by atoms with van der Waals surface area (Å²) in [4.78, 5) is 12.2. The summed E-state index contributed by atoms with van der Waals surface area (Å²) >= 11 is 0. The molecule has 1 aliphatic rings. The first-order valence-corrected chi connectivity index (χ1v) is 6.64. The van der Waals surface area contributed by atoms with E-state index in [4.69, 9.17) is 0 Å². The highest BCUT2D eigenvalue weighted by Gasteiger charge is 2.24. The summed E-state index contributed by atoms with van der Waals surface area (Å²) < 4.78 is 0. The molecule has 1 aliphatic heterocycles.